The summed E-state index contributed by atoms with van der Waals surface area (Å²) >= 11 is 14.8. The van der Waals surface area contributed by atoms with Crippen LogP contribution in [0.3, 0.4) is 0 Å². The van der Waals surface area contributed by atoms with Crippen LogP contribution in [0.25, 0.3) is 21.5 Å². The van der Waals surface area contributed by atoms with Gasteiger partial charge in [-0.15, -0.1) is 11.3 Å². The Bertz CT molecular complexity index is 1420. The van der Waals surface area contributed by atoms with Gasteiger partial charge in [0.05, 0.1) is 38.0 Å². The maximum atomic E-state index is 6.51. The molecule has 2 aromatic carbocycles. The molecule has 1 aliphatic rings. The van der Waals surface area contributed by atoms with Gasteiger partial charge in [0.25, 0.3) is 0 Å². The fraction of sp³-hybridized carbons (Fsp3) is 0.0833. The number of aliphatic imine (C=N–C) groups is 1. The molecule has 0 atom stereocenters. The highest BCUT2D eigenvalue weighted by Gasteiger charge is 2.16. The molecule has 0 unspecified atom stereocenters. The van der Waals surface area contributed by atoms with Crippen molar-refractivity contribution in [2.75, 3.05) is 5.01 Å². The van der Waals surface area contributed by atoms with Gasteiger partial charge in [-0.1, -0.05) is 23.2 Å². The standard InChI is InChI=1S/C24H19Cl2N5OS/c1-13-7-21(22-6-3-14(2)33-22)29-20-5-4-16(10-17(13)20)32-24-18(25)8-15(9-19(24)26)31-12-28-11-23(27)30-31/h3-12,30H,27H2,1-2H3. The maximum Gasteiger partial charge on any atom is 0.164 e. The van der Waals surface area contributed by atoms with E-state index in [2.05, 4.69) is 42.5 Å². The summed E-state index contributed by atoms with van der Waals surface area (Å²) in [5, 5.41) is 3.34. The number of fused-ring (bicyclic) bond motifs is 1. The number of nitrogens with one attached hydrogen (secondary N) is 1. The molecule has 0 saturated heterocycles. The summed E-state index contributed by atoms with van der Waals surface area (Å²) in [6.45, 7) is 4.16. The third-order valence-corrected chi connectivity index (χ3v) is 6.69. The molecular weight excluding hydrogens is 477 g/mol. The van der Waals surface area contributed by atoms with E-state index in [-0.39, 0.29) is 0 Å². The smallest absolute Gasteiger partial charge is 0.164 e. The van der Waals surface area contributed by atoms with Crippen molar-refractivity contribution in [2.24, 2.45) is 10.7 Å². The summed E-state index contributed by atoms with van der Waals surface area (Å²) in [6.07, 6.45) is 3.09. The molecule has 9 heteroatoms. The van der Waals surface area contributed by atoms with Gasteiger partial charge in [-0.2, -0.15) is 0 Å². The summed E-state index contributed by atoms with van der Waals surface area (Å²) in [7, 11) is 0. The lowest BCUT2D eigenvalue weighted by Crippen LogP contribution is -2.40. The van der Waals surface area contributed by atoms with Crippen LogP contribution in [0.2, 0.25) is 10.0 Å². The number of halogens is 2. The Kier molecular flexibility index (Phi) is 5.62. The highest BCUT2D eigenvalue weighted by molar-refractivity contribution is 7.15. The van der Waals surface area contributed by atoms with E-state index in [9.17, 15) is 0 Å². The first-order valence-corrected chi connectivity index (χ1v) is 11.6. The van der Waals surface area contributed by atoms with Crippen molar-refractivity contribution in [3.05, 3.63) is 81.0 Å². The number of thiophene rings is 1. The van der Waals surface area contributed by atoms with Gasteiger partial charge >= 0.3 is 0 Å². The first-order valence-electron chi connectivity index (χ1n) is 10.1. The van der Waals surface area contributed by atoms with Gasteiger partial charge in [0.1, 0.15) is 17.9 Å². The van der Waals surface area contributed by atoms with E-state index in [0.717, 1.165) is 27.0 Å². The number of nitrogens with zero attached hydrogens (tertiary/aromatic N) is 3. The average molecular weight is 496 g/mol. The zero-order valence-corrected chi connectivity index (χ0v) is 20.1. The molecule has 0 fully saturated rings. The fourth-order valence-electron chi connectivity index (χ4n) is 3.54. The second kappa shape index (κ2) is 8.59. The first kappa shape index (κ1) is 21.6. The molecule has 0 aliphatic carbocycles. The lowest BCUT2D eigenvalue weighted by atomic mass is 10.1. The number of ether oxygens (including phenoxy) is 1. The second-order valence-electron chi connectivity index (χ2n) is 7.59. The summed E-state index contributed by atoms with van der Waals surface area (Å²) in [4.78, 5) is 11.3. The summed E-state index contributed by atoms with van der Waals surface area (Å²) in [5.41, 5.74) is 12.4. The third kappa shape index (κ3) is 4.35. The van der Waals surface area contributed by atoms with E-state index >= 15 is 0 Å². The molecule has 4 aromatic rings. The van der Waals surface area contributed by atoms with E-state index < -0.39 is 0 Å². The molecule has 2 aromatic heterocycles. The summed E-state index contributed by atoms with van der Waals surface area (Å²) in [6, 6.07) is 15.5. The van der Waals surface area contributed by atoms with Crippen LogP contribution in [0, 0.1) is 13.8 Å². The van der Waals surface area contributed by atoms with Gasteiger partial charge in [-0.25, -0.2) is 15.0 Å². The predicted molar refractivity (Wildman–Crippen MR) is 137 cm³/mol. The highest BCUT2D eigenvalue weighted by atomic mass is 35.5. The van der Waals surface area contributed by atoms with E-state index in [1.54, 1.807) is 34.8 Å². The molecule has 3 N–H and O–H groups in total. The molecule has 1 aliphatic heterocycles. The van der Waals surface area contributed by atoms with E-state index in [0.29, 0.717) is 33.1 Å². The monoisotopic (exact) mass is 495 g/mol. The van der Waals surface area contributed by atoms with Crippen LogP contribution < -0.4 is 20.9 Å². The van der Waals surface area contributed by atoms with Crippen molar-refractivity contribution in [1.82, 2.24) is 10.4 Å². The topological polar surface area (TPSA) is 75.8 Å². The molecule has 33 heavy (non-hydrogen) atoms. The van der Waals surface area contributed by atoms with Crippen molar-refractivity contribution >= 4 is 57.5 Å². The van der Waals surface area contributed by atoms with Crippen LogP contribution in [0.5, 0.6) is 11.5 Å². The molecular formula is C24H19Cl2N5OS. The van der Waals surface area contributed by atoms with Crippen LogP contribution in [-0.4, -0.2) is 11.3 Å². The lowest BCUT2D eigenvalue weighted by molar-refractivity contribution is 0.484. The number of hydrazine groups is 1. The van der Waals surface area contributed by atoms with Crippen LogP contribution in [-0.2, 0) is 0 Å². The van der Waals surface area contributed by atoms with Gasteiger partial charge in [0.2, 0.25) is 0 Å². The Labute approximate surface area is 204 Å². The fourth-order valence-corrected chi connectivity index (χ4v) is 4.93. The van der Waals surface area contributed by atoms with Gasteiger partial charge in [-0.3, -0.25) is 5.43 Å². The number of aryl methyl sites for hydroxylation is 2. The third-order valence-electron chi connectivity index (χ3n) is 5.11. The Morgan fingerprint density at radius 1 is 1.03 bits per heavy atom. The first-order chi connectivity index (χ1) is 15.9. The van der Waals surface area contributed by atoms with Crippen LogP contribution in [0.1, 0.15) is 10.4 Å². The number of hydrogen-bond donors (Lipinski definition) is 2. The van der Waals surface area contributed by atoms with Crippen molar-refractivity contribution in [2.45, 2.75) is 13.8 Å². The molecule has 0 spiro atoms. The van der Waals surface area contributed by atoms with Crippen LogP contribution >= 0.6 is 34.5 Å². The van der Waals surface area contributed by atoms with Crippen molar-refractivity contribution in [1.29, 1.82) is 0 Å². The van der Waals surface area contributed by atoms with Gasteiger partial charge in [0, 0.05) is 10.3 Å². The number of anilines is 1. The van der Waals surface area contributed by atoms with Crippen LogP contribution in [0.4, 0.5) is 5.69 Å². The number of pyridine rings is 1. The summed E-state index contributed by atoms with van der Waals surface area (Å²) in [5.74, 6) is 1.39. The van der Waals surface area contributed by atoms with Crippen LogP contribution in [0.15, 0.2) is 65.5 Å². The quantitative estimate of drug-likeness (QED) is 0.325. The SMILES string of the molecule is Cc1ccc(-c2cc(C)c3cc(Oc4c(Cl)cc(N5C=NC=C(N)N5)cc4Cl)ccc3n2)s1. The number of benzene rings is 2. The number of rotatable bonds is 4. The molecule has 0 amide bonds. The minimum atomic E-state index is 0.360. The van der Waals surface area contributed by atoms with Crippen molar-refractivity contribution < 1.29 is 4.74 Å². The second-order valence-corrected chi connectivity index (χ2v) is 9.69. The average Bonchev–Trinajstić information content (AvgIpc) is 3.22. The Morgan fingerprint density at radius 3 is 2.52 bits per heavy atom. The number of aromatic nitrogens is 1. The van der Waals surface area contributed by atoms with E-state index in [1.165, 1.54) is 11.1 Å². The Hall–Kier alpha value is -3.26. The zero-order valence-electron chi connectivity index (χ0n) is 17.8. The number of nitrogens with two attached hydrogens (primary N) is 1. The van der Waals surface area contributed by atoms with Gasteiger partial charge in [0.15, 0.2) is 5.75 Å². The molecule has 0 radical (unpaired) electrons. The Balaban J connectivity index is 1.45. The molecule has 3 heterocycles. The predicted octanol–water partition coefficient (Wildman–Crippen LogP) is 6.79. The molecule has 5 rings (SSSR count). The minimum Gasteiger partial charge on any atom is -0.454 e. The minimum absolute atomic E-state index is 0.360. The highest BCUT2D eigenvalue weighted by Crippen LogP contribution is 2.40. The molecule has 6 nitrogen and oxygen atoms in total. The summed E-state index contributed by atoms with van der Waals surface area (Å²) < 4.78 is 6.09. The number of hydrogen-bond acceptors (Lipinski definition) is 7. The maximum absolute atomic E-state index is 6.51. The van der Waals surface area contributed by atoms with Gasteiger partial charge in [-0.05, 0) is 67.9 Å². The largest absolute Gasteiger partial charge is 0.454 e. The van der Waals surface area contributed by atoms with Crippen molar-refractivity contribution in [3.63, 3.8) is 0 Å². The van der Waals surface area contributed by atoms with Crippen molar-refractivity contribution in [3.8, 4) is 22.1 Å². The normalized spacial score (nSPS) is 13.2. The van der Waals surface area contributed by atoms with E-state index in [1.807, 2.05) is 18.2 Å². The van der Waals surface area contributed by atoms with E-state index in [4.69, 9.17) is 38.7 Å². The zero-order chi connectivity index (χ0) is 23.1. The van der Waals surface area contributed by atoms with Gasteiger partial charge < -0.3 is 10.5 Å². The lowest BCUT2D eigenvalue weighted by Gasteiger charge is -2.24. The molecule has 0 bridgehead atoms. The Morgan fingerprint density at radius 2 is 1.82 bits per heavy atom. The molecule has 166 valence electrons. The molecule has 0 saturated carbocycles.